The van der Waals surface area contributed by atoms with Gasteiger partial charge in [0, 0.05) is 18.2 Å². The van der Waals surface area contributed by atoms with Crippen LogP contribution >= 0.6 is 0 Å². The molecule has 0 fully saturated rings. The number of nitro benzene ring substituents is 1. The fraction of sp³-hybridized carbons (Fsp3) is 0.182. The van der Waals surface area contributed by atoms with Gasteiger partial charge in [0.05, 0.1) is 4.92 Å². The highest BCUT2D eigenvalue weighted by Gasteiger charge is 2.04. The first-order chi connectivity index (χ1) is 7.63. The van der Waals surface area contributed by atoms with Crippen molar-refractivity contribution >= 4 is 12.0 Å². The molecule has 5 heteroatoms. The first-order valence-electron chi connectivity index (χ1n) is 4.64. The molecule has 0 saturated carbocycles. The maximum Gasteiger partial charge on any atom is 0.305 e. The van der Waals surface area contributed by atoms with Crippen LogP contribution in [-0.4, -0.2) is 22.6 Å². The summed E-state index contributed by atoms with van der Waals surface area (Å²) in [7, 11) is 0. The normalized spacial score (nSPS) is 10.9. The quantitative estimate of drug-likeness (QED) is 0.252. The Bertz CT molecular complexity index is 408. The molecule has 0 atom stereocenters. The maximum atomic E-state index is 10.4. The van der Waals surface area contributed by atoms with Crippen LogP contribution in [0.2, 0.25) is 0 Å². The summed E-state index contributed by atoms with van der Waals surface area (Å²) < 4.78 is 5.33. The molecule has 0 unspecified atom stereocenters. The van der Waals surface area contributed by atoms with E-state index in [9.17, 15) is 10.1 Å². The first kappa shape index (κ1) is 11.9. The zero-order valence-corrected chi connectivity index (χ0v) is 8.79. The van der Waals surface area contributed by atoms with Crippen LogP contribution in [0.25, 0.3) is 0 Å². The zero-order chi connectivity index (χ0) is 12.0. The van der Waals surface area contributed by atoms with Crippen LogP contribution in [0.1, 0.15) is 6.92 Å². The predicted molar refractivity (Wildman–Crippen MR) is 60.3 cm³/mol. The van der Waals surface area contributed by atoms with Gasteiger partial charge in [-0.1, -0.05) is 0 Å². The Kier molecular flexibility index (Phi) is 4.20. The van der Waals surface area contributed by atoms with Crippen LogP contribution in [0.4, 0.5) is 5.69 Å². The maximum absolute atomic E-state index is 10.4. The van der Waals surface area contributed by atoms with Crippen molar-refractivity contribution in [1.29, 1.82) is 0 Å². The van der Waals surface area contributed by atoms with Crippen molar-refractivity contribution in [2.45, 2.75) is 6.92 Å². The lowest BCUT2D eigenvalue weighted by atomic mass is 10.3. The van der Waals surface area contributed by atoms with Crippen LogP contribution < -0.4 is 4.74 Å². The van der Waals surface area contributed by atoms with Gasteiger partial charge in [0.2, 0.25) is 0 Å². The Morgan fingerprint density at radius 1 is 1.50 bits per heavy atom. The van der Waals surface area contributed by atoms with Gasteiger partial charge < -0.3 is 4.74 Å². The van der Waals surface area contributed by atoms with Crippen LogP contribution in [0, 0.1) is 10.1 Å². The molecule has 0 bridgehead atoms. The molecule has 0 aromatic heterocycles. The van der Waals surface area contributed by atoms with Crippen molar-refractivity contribution < 1.29 is 14.5 Å². The summed E-state index contributed by atoms with van der Waals surface area (Å²) in [6, 6.07) is 5.83. The van der Waals surface area contributed by atoms with Gasteiger partial charge >= 0.3 is 6.29 Å². The van der Waals surface area contributed by atoms with Crippen molar-refractivity contribution in [2.75, 3.05) is 6.61 Å². The highest BCUT2D eigenvalue weighted by atomic mass is 16.6. The minimum absolute atomic E-state index is 0.0308. The Morgan fingerprint density at radius 2 is 2.12 bits per heavy atom. The first-order valence-corrected chi connectivity index (χ1v) is 4.64. The van der Waals surface area contributed by atoms with Crippen molar-refractivity contribution in [3.8, 4) is 5.75 Å². The molecule has 0 spiro atoms. The summed E-state index contributed by atoms with van der Waals surface area (Å²) in [5, 5.41) is 10.4. The summed E-state index contributed by atoms with van der Waals surface area (Å²) in [6.45, 7) is 2.13. The summed E-state index contributed by atoms with van der Waals surface area (Å²) in [4.78, 5) is 18.4. The molecular weight excluding hydrogens is 210 g/mol. The van der Waals surface area contributed by atoms with Gasteiger partial charge in [-0.25, -0.2) is 0 Å². The SMILES string of the molecule is CC(=CC=[OH+])COc1ccc([N+](=O)[O-])cc1. The number of hydrogen-bond donors (Lipinski definition) is 0. The van der Waals surface area contributed by atoms with Gasteiger partial charge in [0.15, 0.2) is 0 Å². The second-order valence-corrected chi connectivity index (χ2v) is 3.20. The average Bonchev–Trinajstić information content (AvgIpc) is 2.27. The standard InChI is InChI=1S/C11H11NO4/c1-9(6-7-13)8-16-11-4-2-10(3-5-11)12(14)15/h2-7H,8H2,1H3/p+1. The molecule has 0 aliphatic rings. The van der Waals surface area contributed by atoms with Gasteiger partial charge in [-0.2, -0.15) is 0 Å². The number of allylic oxidation sites excluding steroid dienone is 1. The third-order valence-corrected chi connectivity index (χ3v) is 1.87. The Balaban J connectivity index is 2.59. The lowest BCUT2D eigenvalue weighted by Crippen LogP contribution is -1.99. The van der Waals surface area contributed by atoms with Crippen LogP contribution in [0.15, 0.2) is 35.9 Å². The number of non-ortho nitro benzene ring substituents is 1. The predicted octanol–water partition coefficient (Wildman–Crippen LogP) is 2.09. The van der Waals surface area contributed by atoms with E-state index in [1.807, 2.05) is 0 Å². The summed E-state index contributed by atoms with van der Waals surface area (Å²) in [6.07, 6.45) is 2.46. The lowest BCUT2D eigenvalue weighted by Gasteiger charge is -2.04. The van der Waals surface area contributed by atoms with Gasteiger partial charge in [0.25, 0.3) is 5.69 Å². The molecular formula is C11H12NO4+. The number of nitro groups is 1. The number of rotatable bonds is 5. The Morgan fingerprint density at radius 3 is 2.62 bits per heavy atom. The smallest absolute Gasteiger partial charge is 0.305 e. The molecule has 0 radical (unpaired) electrons. The fourth-order valence-electron chi connectivity index (χ4n) is 1.04. The number of aldehydes is 1. The third-order valence-electron chi connectivity index (χ3n) is 1.87. The molecule has 1 N–H and O–H groups in total. The summed E-state index contributed by atoms with van der Waals surface area (Å²) in [5.41, 5.74) is 0.879. The molecule has 0 amide bonds. The molecule has 16 heavy (non-hydrogen) atoms. The zero-order valence-electron chi connectivity index (χ0n) is 8.79. The van der Waals surface area contributed by atoms with Crippen LogP contribution in [-0.2, 0) is 0 Å². The van der Waals surface area contributed by atoms with Gasteiger partial charge in [-0.05, 0) is 24.6 Å². The molecule has 0 aliphatic heterocycles. The lowest BCUT2D eigenvalue weighted by molar-refractivity contribution is -0.384. The molecule has 1 aromatic carbocycles. The summed E-state index contributed by atoms with van der Waals surface area (Å²) >= 11 is 0. The van der Waals surface area contributed by atoms with E-state index in [1.165, 1.54) is 30.3 Å². The van der Waals surface area contributed by atoms with Crippen molar-refractivity contribution in [3.05, 3.63) is 46.0 Å². The number of nitrogens with zero attached hydrogens (tertiary/aromatic N) is 1. The molecule has 84 valence electrons. The minimum Gasteiger partial charge on any atom is -0.489 e. The van der Waals surface area contributed by atoms with E-state index in [0.717, 1.165) is 11.9 Å². The molecule has 0 heterocycles. The molecule has 0 saturated heterocycles. The molecule has 1 aromatic rings. The number of ether oxygens (including phenoxy) is 1. The fourth-order valence-corrected chi connectivity index (χ4v) is 1.04. The Hall–Kier alpha value is -2.17. The van der Waals surface area contributed by atoms with E-state index in [0.29, 0.717) is 12.4 Å². The number of carbonyl (C=O) groups excluding carboxylic acids is 1. The highest BCUT2D eigenvalue weighted by molar-refractivity contribution is 5.67. The van der Waals surface area contributed by atoms with E-state index >= 15 is 0 Å². The van der Waals surface area contributed by atoms with Crippen molar-refractivity contribution in [3.63, 3.8) is 0 Å². The second kappa shape index (κ2) is 5.65. The average molecular weight is 222 g/mol. The van der Waals surface area contributed by atoms with Crippen molar-refractivity contribution in [2.24, 2.45) is 0 Å². The van der Waals surface area contributed by atoms with Crippen LogP contribution in [0.5, 0.6) is 5.75 Å². The van der Waals surface area contributed by atoms with E-state index in [4.69, 9.17) is 9.53 Å². The monoisotopic (exact) mass is 222 g/mol. The molecule has 1 rings (SSSR count). The topological polar surface area (TPSA) is 73.8 Å². The minimum atomic E-state index is -0.463. The molecule has 0 aliphatic carbocycles. The van der Waals surface area contributed by atoms with E-state index in [1.54, 1.807) is 6.92 Å². The largest absolute Gasteiger partial charge is 0.489 e. The van der Waals surface area contributed by atoms with E-state index in [-0.39, 0.29) is 5.69 Å². The van der Waals surface area contributed by atoms with E-state index in [2.05, 4.69) is 0 Å². The van der Waals surface area contributed by atoms with Crippen LogP contribution in [0.3, 0.4) is 0 Å². The van der Waals surface area contributed by atoms with Gasteiger partial charge in [-0.15, -0.1) is 0 Å². The Labute approximate surface area is 92.5 Å². The highest BCUT2D eigenvalue weighted by Crippen LogP contribution is 2.17. The summed E-state index contributed by atoms with van der Waals surface area (Å²) in [5.74, 6) is 0.552. The number of benzene rings is 1. The molecule has 5 nitrogen and oxygen atoms in total. The van der Waals surface area contributed by atoms with Gasteiger partial charge in [0.1, 0.15) is 12.4 Å². The van der Waals surface area contributed by atoms with E-state index < -0.39 is 4.92 Å². The van der Waals surface area contributed by atoms with Gasteiger partial charge in [-0.3, -0.25) is 14.9 Å². The third kappa shape index (κ3) is 3.53. The number of hydrogen-bond acceptors (Lipinski definition) is 3. The second-order valence-electron chi connectivity index (χ2n) is 3.20. The van der Waals surface area contributed by atoms with Crippen molar-refractivity contribution in [1.82, 2.24) is 0 Å².